The van der Waals surface area contributed by atoms with Gasteiger partial charge in [-0.1, -0.05) is 30.0 Å². The lowest BCUT2D eigenvalue weighted by atomic mass is 9.89. The summed E-state index contributed by atoms with van der Waals surface area (Å²) >= 11 is 3.42. The van der Waals surface area contributed by atoms with Gasteiger partial charge in [0.15, 0.2) is 10.1 Å². The Morgan fingerprint density at radius 2 is 2.35 bits per heavy atom. The van der Waals surface area contributed by atoms with Crippen LogP contribution in [0.25, 0.3) is 0 Å². The zero-order valence-corrected chi connectivity index (χ0v) is 13.3. The van der Waals surface area contributed by atoms with E-state index in [1.807, 2.05) is 11.8 Å². The van der Waals surface area contributed by atoms with E-state index < -0.39 is 0 Å². The third kappa shape index (κ3) is 3.33. The van der Waals surface area contributed by atoms with Crippen molar-refractivity contribution in [3.63, 3.8) is 0 Å². The summed E-state index contributed by atoms with van der Waals surface area (Å²) < 4.78 is 12.8. The molecule has 0 radical (unpaired) electrons. The lowest BCUT2D eigenvalue weighted by molar-refractivity contribution is -0.178. The van der Waals surface area contributed by atoms with Crippen molar-refractivity contribution in [2.45, 2.75) is 54.0 Å². The number of nitrogens with zero attached hydrogens (tertiary/aromatic N) is 2. The van der Waals surface area contributed by atoms with E-state index in [9.17, 15) is 0 Å². The maximum absolute atomic E-state index is 5.89. The molecule has 0 aromatic carbocycles. The monoisotopic (exact) mass is 315 g/mol. The van der Waals surface area contributed by atoms with Gasteiger partial charge in [-0.05, 0) is 19.4 Å². The Hall–Kier alpha value is -0.210. The van der Waals surface area contributed by atoms with Gasteiger partial charge in [0.05, 0.1) is 13.2 Å². The van der Waals surface area contributed by atoms with Gasteiger partial charge >= 0.3 is 0 Å². The Morgan fingerprint density at radius 3 is 3.05 bits per heavy atom. The van der Waals surface area contributed by atoms with Crippen LogP contribution in [-0.2, 0) is 9.47 Å². The van der Waals surface area contributed by atoms with Gasteiger partial charge in [-0.2, -0.15) is 0 Å². The minimum Gasteiger partial charge on any atom is -0.347 e. The zero-order valence-electron chi connectivity index (χ0n) is 11.7. The fourth-order valence-electron chi connectivity index (χ4n) is 2.90. The van der Waals surface area contributed by atoms with Crippen molar-refractivity contribution in [1.82, 2.24) is 15.5 Å². The minimum atomic E-state index is -0.341. The van der Waals surface area contributed by atoms with E-state index in [1.165, 1.54) is 0 Å². The highest BCUT2D eigenvalue weighted by Crippen LogP contribution is 2.42. The molecule has 1 aliphatic heterocycles. The molecule has 2 heterocycles. The first kappa shape index (κ1) is 14.7. The summed E-state index contributed by atoms with van der Waals surface area (Å²) in [5.41, 5.74) is 1.79. The number of nitrogens with one attached hydrogen (secondary N) is 1. The fourth-order valence-corrected chi connectivity index (χ4v) is 4.99. The standard InChI is InChI=1S/C13H21N3O2S2/c1-2-5-14-10-3-4-13(17-6-7-18-13)8-11(10)20-12-16-15-9-19-12/h9-11,14H,2-8H2,1H3. The Kier molecular flexibility index (Phi) is 4.93. The first-order valence-electron chi connectivity index (χ1n) is 7.25. The highest BCUT2D eigenvalue weighted by molar-refractivity contribution is 8.01. The van der Waals surface area contributed by atoms with Crippen LogP contribution in [0.15, 0.2) is 9.85 Å². The summed E-state index contributed by atoms with van der Waals surface area (Å²) in [7, 11) is 0. The Bertz CT molecular complexity index is 410. The molecule has 0 amide bonds. The van der Waals surface area contributed by atoms with Gasteiger partial charge < -0.3 is 14.8 Å². The molecule has 2 fully saturated rings. The van der Waals surface area contributed by atoms with Crippen LogP contribution in [0.2, 0.25) is 0 Å². The average molecular weight is 315 g/mol. The second-order valence-electron chi connectivity index (χ2n) is 5.27. The number of hydrogen-bond acceptors (Lipinski definition) is 7. The summed E-state index contributed by atoms with van der Waals surface area (Å²) in [5.74, 6) is -0.341. The van der Waals surface area contributed by atoms with Crippen molar-refractivity contribution in [3.05, 3.63) is 5.51 Å². The van der Waals surface area contributed by atoms with Crippen LogP contribution >= 0.6 is 23.1 Å². The molecule has 2 atom stereocenters. The molecule has 2 aliphatic rings. The summed E-state index contributed by atoms with van der Waals surface area (Å²) in [5, 5.41) is 12.2. The molecule has 1 spiro atoms. The molecule has 1 saturated heterocycles. The quantitative estimate of drug-likeness (QED) is 0.900. The topological polar surface area (TPSA) is 56.3 Å². The second kappa shape index (κ2) is 6.70. The largest absolute Gasteiger partial charge is 0.347 e. The number of hydrogen-bond donors (Lipinski definition) is 1. The van der Waals surface area contributed by atoms with Gasteiger partial charge in [0.1, 0.15) is 5.51 Å². The lowest BCUT2D eigenvalue weighted by Crippen LogP contribution is -2.49. The molecule has 5 nitrogen and oxygen atoms in total. The first-order valence-corrected chi connectivity index (χ1v) is 9.01. The molecule has 7 heteroatoms. The Labute approximate surface area is 127 Å². The SMILES string of the molecule is CCCNC1CCC2(CC1Sc1nncs1)OCCO2. The predicted octanol–water partition coefficient (Wildman–Crippen LogP) is 2.29. The smallest absolute Gasteiger partial charge is 0.174 e. The van der Waals surface area contributed by atoms with Gasteiger partial charge in [0.2, 0.25) is 0 Å². The molecule has 1 N–H and O–H groups in total. The molecule has 1 aliphatic carbocycles. The van der Waals surface area contributed by atoms with Gasteiger partial charge in [0.25, 0.3) is 0 Å². The van der Waals surface area contributed by atoms with Crippen molar-refractivity contribution >= 4 is 23.1 Å². The van der Waals surface area contributed by atoms with E-state index in [4.69, 9.17) is 9.47 Å². The molecule has 2 unspecified atom stereocenters. The van der Waals surface area contributed by atoms with Gasteiger partial charge in [-0.15, -0.1) is 10.2 Å². The summed E-state index contributed by atoms with van der Waals surface area (Å²) in [6.45, 7) is 4.71. The predicted molar refractivity (Wildman–Crippen MR) is 80.1 cm³/mol. The number of aromatic nitrogens is 2. The van der Waals surface area contributed by atoms with Crippen LogP contribution in [0.1, 0.15) is 32.6 Å². The van der Waals surface area contributed by atoms with Crippen molar-refractivity contribution in [2.75, 3.05) is 19.8 Å². The lowest BCUT2D eigenvalue weighted by Gasteiger charge is -2.40. The number of thioether (sulfide) groups is 1. The zero-order chi connectivity index (χ0) is 13.8. The highest BCUT2D eigenvalue weighted by Gasteiger charge is 2.45. The van der Waals surface area contributed by atoms with Crippen molar-refractivity contribution in [2.24, 2.45) is 0 Å². The van der Waals surface area contributed by atoms with E-state index in [-0.39, 0.29) is 5.79 Å². The van der Waals surface area contributed by atoms with Crippen LogP contribution in [-0.4, -0.2) is 47.0 Å². The van der Waals surface area contributed by atoms with E-state index in [2.05, 4.69) is 22.4 Å². The second-order valence-corrected chi connectivity index (χ2v) is 7.59. The van der Waals surface area contributed by atoms with Crippen LogP contribution in [0.3, 0.4) is 0 Å². The maximum Gasteiger partial charge on any atom is 0.174 e. The van der Waals surface area contributed by atoms with Crippen LogP contribution in [0.5, 0.6) is 0 Å². The van der Waals surface area contributed by atoms with Gasteiger partial charge in [-0.25, -0.2) is 0 Å². The van der Waals surface area contributed by atoms with E-state index >= 15 is 0 Å². The molecule has 0 bridgehead atoms. The van der Waals surface area contributed by atoms with E-state index in [0.29, 0.717) is 11.3 Å². The number of ether oxygens (including phenoxy) is 2. The molecule has 20 heavy (non-hydrogen) atoms. The van der Waals surface area contributed by atoms with Crippen molar-refractivity contribution < 1.29 is 9.47 Å². The average Bonchev–Trinajstić information content (AvgIpc) is 3.11. The molecule has 112 valence electrons. The van der Waals surface area contributed by atoms with Crippen LogP contribution < -0.4 is 5.32 Å². The third-order valence-corrected chi connectivity index (χ3v) is 6.00. The third-order valence-electron chi connectivity index (χ3n) is 3.86. The molecule has 3 rings (SSSR count). The van der Waals surface area contributed by atoms with Crippen LogP contribution in [0.4, 0.5) is 0 Å². The van der Waals surface area contributed by atoms with E-state index in [1.54, 1.807) is 16.8 Å². The van der Waals surface area contributed by atoms with Crippen molar-refractivity contribution in [1.29, 1.82) is 0 Å². The first-order chi connectivity index (χ1) is 9.81. The Balaban J connectivity index is 1.68. The molecule has 1 saturated carbocycles. The molecule has 1 aromatic heterocycles. The minimum absolute atomic E-state index is 0.341. The van der Waals surface area contributed by atoms with Crippen LogP contribution in [0, 0.1) is 0 Å². The molecular weight excluding hydrogens is 294 g/mol. The number of rotatable bonds is 5. The maximum atomic E-state index is 5.89. The summed E-state index contributed by atoms with van der Waals surface area (Å²) in [6, 6.07) is 0.502. The van der Waals surface area contributed by atoms with Gasteiger partial charge in [-0.3, -0.25) is 0 Å². The molecule has 1 aromatic rings. The fraction of sp³-hybridized carbons (Fsp3) is 0.846. The normalized spacial score (nSPS) is 29.1. The Morgan fingerprint density at radius 1 is 1.50 bits per heavy atom. The summed E-state index contributed by atoms with van der Waals surface area (Å²) in [4.78, 5) is 0. The van der Waals surface area contributed by atoms with E-state index in [0.717, 1.165) is 49.8 Å². The molecular formula is C13H21N3O2S2. The summed E-state index contributed by atoms with van der Waals surface area (Å²) in [6.07, 6.45) is 4.17. The van der Waals surface area contributed by atoms with Gasteiger partial charge in [0, 0.05) is 24.1 Å². The highest BCUT2D eigenvalue weighted by atomic mass is 32.2. The van der Waals surface area contributed by atoms with Crippen molar-refractivity contribution in [3.8, 4) is 0 Å².